The number of alkyl carbamates (subject to hydrolysis) is 1. The fraction of sp³-hybridized carbons (Fsp3) is 0.442. The smallest absolute Gasteiger partial charge is 0.407 e. The average Bonchev–Trinajstić information content (AvgIpc) is 3.76. The topological polar surface area (TPSA) is 147 Å². The molecule has 14 heteroatoms. The van der Waals surface area contributed by atoms with Crippen LogP contribution in [0.25, 0.3) is 11.3 Å². The summed E-state index contributed by atoms with van der Waals surface area (Å²) in [5, 5.41) is 6.14. The molecule has 0 fully saturated rings. The second-order valence-corrected chi connectivity index (χ2v) is 15.6. The summed E-state index contributed by atoms with van der Waals surface area (Å²) in [6, 6.07) is 21.2. The summed E-state index contributed by atoms with van der Waals surface area (Å²) in [6.07, 6.45) is 0.483. The van der Waals surface area contributed by atoms with E-state index in [2.05, 4.69) is 16.7 Å². The monoisotopic (exact) mass is 802 g/mol. The maximum absolute atomic E-state index is 13.3. The van der Waals surface area contributed by atoms with Crippen molar-refractivity contribution in [3.05, 3.63) is 93.9 Å². The SMILES string of the molecule is Cc1ccccc1C(=O)N1CCc2cc(-c3nc(NC(=O)Cc4cccc(OCCOCCOCCOCCOCCNC(=O)OC(C)(C)C)c4)sc3C)ccc21. The number of hydrogen-bond donors (Lipinski definition) is 2. The van der Waals surface area contributed by atoms with Crippen LogP contribution in [0.3, 0.4) is 0 Å². The third-order valence-electron chi connectivity index (χ3n) is 8.70. The summed E-state index contributed by atoms with van der Waals surface area (Å²) in [4.78, 5) is 45.5. The first kappa shape index (κ1) is 43.3. The number of nitrogens with one attached hydrogen (secondary N) is 2. The van der Waals surface area contributed by atoms with E-state index in [1.165, 1.54) is 11.3 Å². The number of fused-ring (bicyclic) bond motifs is 1. The summed E-state index contributed by atoms with van der Waals surface area (Å²) in [6.45, 7) is 14.1. The second-order valence-electron chi connectivity index (χ2n) is 14.4. The van der Waals surface area contributed by atoms with Gasteiger partial charge in [0.15, 0.2) is 5.13 Å². The van der Waals surface area contributed by atoms with Crippen LogP contribution < -0.4 is 20.3 Å². The number of carbonyl (C=O) groups is 3. The predicted molar refractivity (Wildman–Crippen MR) is 221 cm³/mol. The minimum Gasteiger partial charge on any atom is -0.491 e. The van der Waals surface area contributed by atoms with Crippen molar-refractivity contribution in [3.8, 4) is 17.0 Å². The highest BCUT2D eigenvalue weighted by Gasteiger charge is 2.27. The Hall–Kier alpha value is -4.86. The number of nitrogens with zero attached hydrogens (tertiary/aromatic N) is 2. The molecule has 0 aliphatic carbocycles. The predicted octanol–water partition coefficient (Wildman–Crippen LogP) is 6.78. The third kappa shape index (κ3) is 13.9. The Balaban J connectivity index is 0.934. The van der Waals surface area contributed by atoms with Crippen LogP contribution in [-0.4, -0.2) is 101 Å². The van der Waals surface area contributed by atoms with Crippen molar-refractivity contribution in [2.24, 2.45) is 0 Å². The van der Waals surface area contributed by atoms with Gasteiger partial charge >= 0.3 is 6.09 Å². The molecule has 0 radical (unpaired) electrons. The number of ether oxygens (including phenoxy) is 6. The zero-order valence-electron chi connectivity index (χ0n) is 33.5. The van der Waals surface area contributed by atoms with Gasteiger partial charge in [-0.3, -0.25) is 9.59 Å². The van der Waals surface area contributed by atoms with E-state index in [1.807, 2.05) is 100 Å². The Bertz CT molecular complexity index is 1940. The minimum atomic E-state index is -0.527. The molecule has 0 spiro atoms. The van der Waals surface area contributed by atoms with Gasteiger partial charge in [-0.15, -0.1) is 11.3 Å². The molecule has 3 amide bonds. The van der Waals surface area contributed by atoms with Crippen molar-refractivity contribution in [2.75, 3.05) is 82.8 Å². The van der Waals surface area contributed by atoms with Crippen LogP contribution in [0, 0.1) is 13.8 Å². The van der Waals surface area contributed by atoms with Crippen LogP contribution in [0.15, 0.2) is 66.7 Å². The van der Waals surface area contributed by atoms with Gasteiger partial charge in [-0.1, -0.05) is 36.4 Å². The van der Waals surface area contributed by atoms with Gasteiger partial charge in [-0.2, -0.15) is 0 Å². The van der Waals surface area contributed by atoms with Crippen LogP contribution in [0.5, 0.6) is 5.75 Å². The van der Waals surface area contributed by atoms with Crippen molar-refractivity contribution in [3.63, 3.8) is 0 Å². The molecule has 4 aromatic rings. The second kappa shape index (κ2) is 21.6. The standard InChI is InChI=1S/C43H54N4O9S/c1-30-9-6-7-12-36(30)40(49)47-17-15-33-29-34(13-14-37(33)47)39-31(2)57-41(46-39)45-38(48)28-32-10-8-11-35(27-32)55-26-25-54-24-23-53-22-21-52-20-19-51-18-16-44-42(50)56-43(3,4)5/h6-14,27,29H,15-26,28H2,1-5H3,(H,44,50)(H,45,46,48). The number of rotatable bonds is 21. The Morgan fingerprint density at radius 1 is 0.807 bits per heavy atom. The molecule has 1 aromatic heterocycles. The molecule has 5 rings (SSSR count). The highest BCUT2D eigenvalue weighted by Crippen LogP contribution is 2.36. The minimum absolute atomic E-state index is 0.0153. The first-order chi connectivity index (χ1) is 27.5. The van der Waals surface area contributed by atoms with E-state index in [4.69, 9.17) is 33.4 Å². The summed E-state index contributed by atoms with van der Waals surface area (Å²) in [7, 11) is 0. The number of aromatic nitrogens is 1. The van der Waals surface area contributed by atoms with E-state index in [0.29, 0.717) is 83.4 Å². The van der Waals surface area contributed by atoms with E-state index in [0.717, 1.165) is 50.5 Å². The molecule has 0 saturated carbocycles. The van der Waals surface area contributed by atoms with Crippen molar-refractivity contribution >= 4 is 40.1 Å². The molecular formula is C43H54N4O9S. The lowest BCUT2D eigenvalue weighted by Gasteiger charge is -2.19. The summed E-state index contributed by atoms with van der Waals surface area (Å²) in [5.41, 5.74) is 5.79. The number of amides is 3. The fourth-order valence-electron chi connectivity index (χ4n) is 6.05. The van der Waals surface area contributed by atoms with Crippen LogP contribution in [0.2, 0.25) is 0 Å². The Labute approximate surface area is 339 Å². The first-order valence-corrected chi connectivity index (χ1v) is 20.1. The number of aryl methyl sites for hydroxylation is 2. The van der Waals surface area contributed by atoms with Gasteiger partial charge in [0.2, 0.25) is 5.91 Å². The van der Waals surface area contributed by atoms with Gasteiger partial charge in [0.1, 0.15) is 18.0 Å². The molecule has 0 unspecified atom stereocenters. The molecular weight excluding hydrogens is 749 g/mol. The van der Waals surface area contributed by atoms with Crippen LogP contribution in [0.1, 0.15) is 52.7 Å². The fourth-order valence-corrected chi connectivity index (χ4v) is 6.90. The molecule has 3 aromatic carbocycles. The molecule has 1 aliphatic rings. The van der Waals surface area contributed by atoms with E-state index >= 15 is 0 Å². The van der Waals surface area contributed by atoms with E-state index in [9.17, 15) is 14.4 Å². The zero-order chi connectivity index (χ0) is 40.6. The van der Waals surface area contributed by atoms with E-state index < -0.39 is 11.7 Å². The van der Waals surface area contributed by atoms with E-state index in [-0.39, 0.29) is 18.2 Å². The first-order valence-electron chi connectivity index (χ1n) is 19.2. The van der Waals surface area contributed by atoms with Crippen molar-refractivity contribution in [1.29, 1.82) is 0 Å². The molecule has 0 atom stereocenters. The van der Waals surface area contributed by atoms with Gasteiger partial charge < -0.3 is 44.0 Å². The van der Waals surface area contributed by atoms with Gasteiger partial charge in [0, 0.05) is 34.8 Å². The maximum Gasteiger partial charge on any atom is 0.407 e. The molecule has 2 N–H and O–H groups in total. The number of benzene rings is 3. The van der Waals surface area contributed by atoms with Crippen molar-refractivity contribution < 1.29 is 42.8 Å². The average molecular weight is 803 g/mol. The number of hydrogen-bond acceptors (Lipinski definition) is 11. The Morgan fingerprint density at radius 2 is 1.49 bits per heavy atom. The van der Waals surface area contributed by atoms with Crippen LogP contribution in [0.4, 0.5) is 15.6 Å². The van der Waals surface area contributed by atoms with Gasteiger partial charge in [-0.05, 0) is 88.1 Å². The number of anilines is 2. The van der Waals surface area contributed by atoms with Gasteiger partial charge in [0.25, 0.3) is 5.91 Å². The highest BCUT2D eigenvalue weighted by molar-refractivity contribution is 7.16. The molecule has 306 valence electrons. The third-order valence-corrected chi connectivity index (χ3v) is 9.59. The summed E-state index contributed by atoms with van der Waals surface area (Å²) >= 11 is 1.44. The molecule has 1 aliphatic heterocycles. The number of thiazole rings is 1. The van der Waals surface area contributed by atoms with Crippen LogP contribution in [-0.2, 0) is 41.3 Å². The van der Waals surface area contributed by atoms with Gasteiger partial charge in [-0.25, -0.2) is 9.78 Å². The molecule has 0 saturated heterocycles. The zero-order valence-corrected chi connectivity index (χ0v) is 34.3. The van der Waals surface area contributed by atoms with Crippen LogP contribution >= 0.6 is 11.3 Å². The number of carbonyl (C=O) groups excluding carboxylic acids is 3. The molecule has 0 bridgehead atoms. The molecule has 2 heterocycles. The summed E-state index contributed by atoms with van der Waals surface area (Å²) in [5.74, 6) is 0.504. The molecule has 57 heavy (non-hydrogen) atoms. The van der Waals surface area contributed by atoms with Gasteiger partial charge in [0.05, 0.1) is 65.0 Å². The lowest BCUT2D eigenvalue weighted by Crippen LogP contribution is -2.34. The van der Waals surface area contributed by atoms with Crippen molar-refractivity contribution in [2.45, 2.75) is 53.1 Å². The van der Waals surface area contributed by atoms with Crippen molar-refractivity contribution in [1.82, 2.24) is 10.3 Å². The lowest BCUT2D eigenvalue weighted by atomic mass is 10.0. The quantitative estimate of drug-likeness (QED) is 0.0865. The Kier molecular flexibility index (Phi) is 16.4. The summed E-state index contributed by atoms with van der Waals surface area (Å²) < 4.78 is 33.0. The lowest BCUT2D eigenvalue weighted by molar-refractivity contribution is -0.115. The largest absolute Gasteiger partial charge is 0.491 e. The Morgan fingerprint density at radius 3 is 2.19 bits per heavy atom. The normalized spacial score (nSPS) is 12.3. The highest BCUT2D eigenvalue weighted by atomic mass is 32.1. The molecule has 13 nitrogen and oxygen atoms in total. The maximum atomic E-state index is 13.3. The van der Waals surface area contributed by atoms with E-state index in [1.54, 1.807) is 0 Å².